The minimum atomic E-state index is -1.78. The van der Waals surface area contributed by atoms with Gasteiger partial charge in [-0.3, -0.25) is 0 Å². The first-order valence-electron chi connectivity index (χ1n) is 11.6. The van der Waals surface area contributed by atoms with Gasteiger partial charge in [0.05, 0.1) is 16.8 Å². The zero-order valence-corrected chi connectivity index (χ0v) is 21.9. The first-order valence-corrected chi connectivity index (χ1v) is 16.6. The molecule has 2 bridgehead atoms. The summed E-state index contributed by atoms with van der Waals surface area (Å²) < 4.78 is 15.6. The van der Waals surface area contributed by atoms with Gasteiger partial charge in [-0.25, -0.2) is 0 Å². The average molecular weight is 535 g/mol. The lowest BCUT2D eigenvalue weighted by Gasteiger charge is -2.56. The molecular formula is C26H35IO2Si. The Labute approximate surface area is 196 Å². The highest BCUT2D eigenvalue weighted by Gasteiger charge is 2.72. The summed E-state index contributed by atoms with van der Waals surface area (Å²) in [6, 6.07) is 10.9. The monoisotopic (exact) mass is 534 g/mol. The predicted molar refractivity (Wildman–Crippen MR) is 135 cm³/mol. The molecule has 1 saturated carbocycles. The molecule has 4 aliphatic rings. The van der Waals surface area contributed by atoms with E-state index in [1.807, 2.05) is 0 Å². The Morgan fingerprint density at radius 2 is 2.00 bits per heavy atom. The van der Waals surface area contributed by atoms with Gasteiger partial charge in [-0.05, 0) is 62.4 Å². The third kappa shape index (κ3) is 3.23. The topological polar surface area (TPSA) is 18.5 Å². The predicted octanol–water partition coefficient (Wildman–Crippen LogP) is 7.02. The van der Waals surface area contributed by atoms with Crippen LogP contribution < -0.4 is 0 Å². The second-order valence-electron chi connectivity index (χ2n) is 11.1. The lowest BCUT2D eigenvalue weighted by molar-refractivity contribution is -0.221. The fourth-order valence-corrected chi connectivity index (χ4v) is 9.33. The van der Waals surface area contributed by atoms with Gasteiger partial charge in [0.15, 0.2) is 8.32 Å². The fraction of sp³-hybridized carbons (Fsp3) is 0.615. The number of rotatable bonds is 4. The minimum absolute atomic E-state index is 0.0433. The Kier molecular flexibility index (Phi) is 5.20. The molecular weight excluding hydrogens is 499 g/mol. The molecule has 0 N–H and O–H groups in total. The second-order valence-corrected chi connectivity index (χ2v) is 16.3. The SMILES string of the molecule is C[C@@H]1C[C@H]2[C@@]34CCC=C[C@@H]3C[C@@](CI)(C[C@]2(O[Si](C)(C)C)C1=Cc1ccccc1)O4. The molecule has 2 aliphatic heterocycles. The van der Waals surface area contributed by atoms with Gasteiger partial charge < -0.3 is 9.16 Å². The van der Waals surface area contributed by atoms with E-state index in [2.05, 4.69) is 97.7 Å². The van der Waals surface area contributed by atoms with Crippen LogP contribution in [0.2, 0.25) is 19.6 Å². The molecule has 2 nitrogen and oxygen atoms in total. The molecule has 0 unspecified atom stereocenters. The summed E-state index contributed by atoms with van der Waals surface area (Å²) in [5.41, 5.74) is 2.56. The maximum absolute atomic E-state index is 7.36. The van der Waals surface area contributed by atoms with E-state index in [4.69, 9.17) is 9.16 Å². The summed E-state index contributed by atoms with van der Waals surface area (Å²) >= 11 is 2.58. The molecule has 2 aliphatic carbocycles. The van der Waals surface area contributed by atoms with E-state index < -0.39 is 8.32 Å². The summed E-state index contributed by atoms with van der Waals surface area (Å²) in [5.74, 6) is 1.53. The van der Waals surface area contributed by atoms with Crippen molar-refractivity contribution in [3.63, 3.8) is 0 Å². The Morgan fingerprint density at radius 1 is 1.23 bits per heavy atom. The van der Waals surface area contributed by atoms with Crippen LogP contribution in [0.25, 0.3) is 6.08 Å². The summed E-state index contributed by atoms with van der Waals surface area (Å²) in [4.78, 5) is 0. The fourth-order valence-electron chi connectivity index (χ4n) is 7.16. The first kappa shape index (κ1) is 21.4. The van der Waals surface area contributed by atoms with Crippen molar-refractivity contribution in [2.75, 3.05) is 4.43 Å². The van der Waals surface area contributed by atoms with Crippen LogP contribution in [0.4, 0.5) is 0 Å². The molecule has 0 amide bonds. The number of alkyl halides is 1. The quantitative estimate of drug-likeness (QED) is 0.179. The molecule has 2 saturated heterocycles. The third-order valence-electron chi connectivity index (χ3n) is 7.90. The largest absolute Gasteiger partial charge is 0.408 e. The summed E-state index contributed by atoms with van der Waals surface area (Å²) in [6.07, 6.45) is 13.0. The minimum Gasteiger partial charge on any atom is -0.408 e. The number of benzene rings is 1. The van der Waals surface area contributed by atoms with Gasteiger partial charge in [-0.2, -0.15) is 0 Å². The van der Waals surface area contributed by atoms with Crippen LogP contribution >= 0.6 is 22.6 Å². The molecule has 5 rings (SSSR count). The van der Waals surface area contributed by atoms with Crippen LogP contribution in [0.1, 0.15) is 44.6 Å². The van der Waals surface area contributed by atoms with E-state index in [0.29, 0.717) is 17.8 Å². The highest BCUT2D eigenvalue weighted by atomic mass is 127. The molecule has 1 spiro atoms. The van der Waals surface area contributed by atoms with E-state index in [1.54, 1.807) is 0 Å². The highest BCUT2D eigenvalue weighted by molar-refractivity contribution is 14.1. The Hall–Kier alpha value is -0.433. The van der Waals surface area contributed by atoms with Crippen LogP contribution in [0, 0.1) is 17.8 Å². The van der Waals surface area contributed by atoms with Crippen molar-refractivity contribution < 1.29 is 9.16 Å². The van der Waals surface area contributed by atoms with Crippen LogP contribution in [0.15, 0.2) is 48.1 Å². The van der Waals surface area contributed by atoms with Gasteiger partial charge in [-0.1, -0.05) is 78.1 Å². The summed E-state index contributed by atoms with van der Waals surface area (Å²) in [6.45, 7) is 9.53. The second kappa shape index (κ2) is 7.29. The first-order chi connectivity index (χ1) is 14.2. The van der Waals surface area contributed by atoms with Crippen molar-refractivity contribution in [2.24, 2.45) is 17.8 Å². The van der Waals surface area contributed by atoms with Gasteiger partial charge in [0.25, 0.3) is 0 Å². The van der Waals surface area contributed by atoms with Crippen LogP contribution in [-0.4, -0.2) is 29.5 Å². The van der Waals surface area contributed by atoms with E-state index >= 15 is 0 Å². The van der Waals surface area contributed by atoms with Crippen LogP contribution in [0.5, 0.6) is 0 Å². The number of hydrogen-bond donors (Lipinski definition) is 0. The number of hydrogen-bond acceptors (Lipinski definition) is 2. The lowest BCUT2D eigenvalue weighted by Crippen LogP contribution is -2.63. The van der Waals surface area contributed by atoms with E-state index in [1.165, 1.54) is 17.6 Å². The molecule has 162 valence electrons. The number of fused-ring (bicyclic) bond motifs is 2. The Balaban J connectivity index is 1.70. The van der Waals surface area contributed by atoms with Crippen molar-refractivity contribution in [1.82, 2.24) is 0 Å². The van der Waals surface area contributed by atoms with Crippen molar-refractivity contribution >= 4 is 37.0 Å². The van der Waals surface area contributed by atoms with Gasteiger partial charge >= 0.3 is 0 Å². The molecule has 30 heavy (non-hydrogen) atoms. The zero-order valence-electron chi connectivity index (χ0n) is 18.8. The van der Waals surface area contributed by atoms with Crippen molar-refractivity contribution in [1.29, 1.82) is 0 Å². The highest BCUT2D eigenvalue weighted by Crippen LogP contribution is 2.69. The van der Waals surface area contributed by atoms with E-state index in [9.17, 15) is 0 Å². The van der Waals surface area contributed by atoms with Crippen LogP contribution in [-0.2, 0) is 9.16 Å². The molecule has 0 radical (unpaired) electrons. The normalized spacial score (nSPS) is 43.6. The molecule has 1 aromatic rings. The number of halogens is 1. The van der Waals surface area contributed by atoms with Crippen molar-refractivity contribution in [2.45, 2.75) is 75.5 Å². The average Bonchev–Trinajstić information content (AvgIpc) is 3.13. The lowest BCUT2D eigenvalue weighted by atomic mass is 9.66. The van der Waals surface area contributed by atoms with Crippen molar-refractivity contribution in [3.05, 3.63) is 53.6 Å². The summed E-state index contributed by atoms with van der Waals surface area (Å²) in [5, 5.41) is 0. The van der Waals surface area contributed by atoms with Gasteiger partial charge in [-0.15, -0.1) is 0 Å². The molecule has 1 aromatic carbocycles. The standard InChI is InChI=1S/C26H35IO2Si/c1-19-14-23-25-13-9-8-12-21(25)16-24(18-27,28-25)17-26(23,29-30(2,3)4)22(19)15-20-10-6-5-7-11-20/h5-8,10-12,15,19,21,23H,9,13-14,16-18H2,1-4H3/t19-,21-,23+,24+,25-,26+/m1/s1. The smallest absolute Gasteiger partial charge is 0.184 e. The molecule has 0 aromatic heterocycles. The van der Waals surface area contributed by atoms with Crippen molar-refractivity contribution in [3.8, 4) is 0 Å². The van der Waals surface area contributed by atoms with E-state index in [-0.39, 0.29) is 16.8 Å². The summed E-state index contributed by atoms with van der Waals surface area (Å²) in [7, 11) is -1.78. The zero-order chi connectivity index (χ0) is 21.2. The Bertz CT molecular complexity index is 875. The third-order valence-corrected chi connectivity index (χ3v) is 10.3. The maximum atomic E-state index is 7.36. The molecule has 2 heterocycles. The van der Waals surface area contributed by atoms with E-state index in [0.717, 1.165) is 30.1 Å². The van der Waals surface area contributed by atoms with Gasteiger partial charge in [0.2, 0.25) is 0 Å². The van der Waals surface area contributed by atoms with Gasteiger partial charge in [0, 0.05) is 22.7 Å². The maximum Gasteiger partial charge on any atom is 0.184 e. The molecule has 4 heteroatoms. The Morgan fingerprint density at radius 3 is 2.70 bits per heavy atom. The van der Waals surface area contributed by atoms with Gasteiger partial charge in [0.1, 0.15) is 0 Å². The van der Waals surface area contributed by atoms with Crippen LogP contribution in [0.3, 0.4) is 0 Å². The number of ether oxygens (including phenoxy) is 1. The number of allylic oxidation sites excluding steroid dienone is 1. The molecule has 6 atom stereocenters. The molecule has 3 fully saturated rings.